The highest BCUT2D eigenvalue weighted by atomic mass is 35.5. The molecule has 6 heteroatoms. The van der Waals surface area contributed by atoms with Gasteiger partial charge >= 0.3 is 5.97 Å². The predicted molar refractivity (Wildman–Crippen MR) is 124 cm³/mol. The second-order valence-electron chi connectivity index (χ2n) is 7.86. The van der Waals surface area contributed by atoms with Crippen LogP contribution in [0.15, 0.2) is 79.0 Å². The average molecular weight is 445 g/mol. The fourth-order valence-electron chi connectivity index (χ4n) is 4.32. The standard InChI is InChI=1S/C26H21ClN2O3/c27-22-11-5-3-9-18(22)20(21-14-28-23-12-6-4-10-19(21)23)15-29-25(30)24-13-16-7-1-2-8-17(16)26(31)32-24/h1-12,14,20,24,28H,13,15H2,(H,29,30)/t20-,24-/m1/s1. The summed E-state index contributed by atoms with van der Waals surface area (Å²) < 4.78 is 5.41. The van der Waals surface area contributed by atoms with Crippen molar-refractivity contribution in [1.82, 2.24) is 10.3 Å². The number of esters is 1. The van der Waals surface area contributed by atoms with Gasteiger partial charge in [0.25, 0.3) is 5.91 Å². The number of halogens is 1. The lowest BCUT2D eigenvalue weighted by Crippen LogP contribution is -2.43. The summed E-state index contributed by atoms with van der Waals surface area (Å²) in [7, 11) is 0. The lowest BCUT2D eigenvalue weighted by molar-refractivity contribution is -0.130. The molecule has 32 heavy (non-hydrogen) atoms. The number of aromatic nitrogens is 1. The summed E-state index contributed by atoms with van der Waals surface area (Å²) in [5.74, 6) is -0.952. The Morgan fingerprint density at radius 2 is 1.78 bits per heavy atom. The molecule has 1 aliphatic rings. The van der Waals surface area contributed by atoms with Gasteiger partial charge in [-0.25, -0.2) is 4.79 Å². The minimum Gasteiger partial charge on any atom is -0.448 e. The molecule has 0 fully saturated rings. The number of hydrogen-bond donors (Lipinski definition) is 2. The molecule has 2 heterocycles. The molecule has 0 aliphatic carbocycles. The number of cyclic esters (lactones) is 1. The lowest BCUT2D eigenvalue weighted by Gasteiger charge is -2.25. The maximum atomic E-state index is 13.0. The van der Waals surface area contributed by atoms with Gasteiger partial charge in [0, 0.05) is 41.0 Å². The van der Waals surface area contributed by atoms with Crippen molar-refractivity contribution in [3.8, 4) is 0 Å². The van der Waals surface area contributed by atoms with E-state index in [0.717, 1.165) is 27.6 Å². The zero-order chi connectivity index (χ0) is 22.1. The van der Waals surface area contributed by atoms with E-state index in [2.05, 4.69) is 10.3 Å². The van der Waals surface area contributed by atoms with E-state index in [1.165, 1.54) is 0 Å². The third-order valence-electron chi connectivity index (χ3n) is 5.94. The van der Waals surface area contributed by atoms with E-state index in [0.29, 0.717) is 23.6 Å². The Bertz CT molecular complexity index is 1310. The van der Waals surface area contributed by atoms with Crippen molar-refractivity contribution >= 4 is 34.4 Å². The molecule has 160 valence electrons. The second-order valence-corrected chi connectivity index (χ2v) is 8.27. The molecule has 1 aliphatic heterocycles. The normalized spacial score (nSPS) is 16.3. The van der Waals surface area contributed by atoms with Crippen molar-refractivity contribution < 1.29 is 14.3 Å². The number of para-hydroxylation sites is 1. The summed E-state index contributed by atoms with van der Waals surface area (Å²) in [6.07, 6.45) is 1.46. The van der Waals surface area contributed by atoms with E-state index in [1.807, 2.05) is 66.9 Å². The first-order valence-corrected chi connectivity index (χ1v) is 10.9. The lowest BCUT2D eigenvalue weighted by atomic mass is 9.90. The molecule has 1 amide bonds. The van der Waals surface area contributed by atoms with Crippen LogP contribution in [0.2, 0.25) is 5.02 Å². The summed E-state index contributed by atoms with van der Waals surface area (Å²) >= 11 is 6.53. The van der Waals surface area contributed by atoms with Gasteiger partial charge in [-0.3, -0.25) is 4.79 Å². The van der Waals surface area contributed by atoms with Crippen molar-refractivity contribution in [2.45, 2.75) is 18.4 Å². The minimum atomic E-state index is -0.854. The summed E-state index contributed by atoms with van der Waals surface area (Å²) in [5.41, 5.74) is 4.32. The molecule has 2 N–H and O–H groups in total. The number of amides is 1. The minimum absolute atomic E-state index is 0.171. The van der Waals surface area contributed by atoms with Crippen LogP contribution in [-0.2, 0) is 16.0 Å². The number of carbonyl (C=O) groups is 2. The molecule has 0 saturated heterocycles. The number of H-pyrrole nitrogens is 1. The van der Waals surface area contributed by atoms with Gasteiger partial charge in [-0.2, -0.15) is 0 Å². The molecule has 5 nitrogen and oxygen atoms in total. The van der Waals surface area contributed by atoms with Crippen LogP contribution in [0, 0.1) is 0 Å². The molecule has 0 bridgehead atoms. The van der Waals surface area contributed by atoms with Gasteiger partial charge in [0.1, 0.15) is 0 Å². The molecule has 5 rings (SSSR count). The Morgan fingerprint density at radius 3 is 2.66 bits per heavy atom. The topological polar surface area (TPSA) is 71.2 Å². The number of rotatable bonds is 5. The van der Waals surface area contributed by atoms with E-state index in [-0.39, 0.29) is 11.8 Å². The Morgan fingerprint density at radius 1 is 1.03 bits per heavy atom. The van der Waals surface area contributed by atoms with Gasteiger partial charge in [0.2, 0.25) is 0 Å². The monoisotopic (exact) mass is 444 g/mol. The number of hydrogen-bond acceptors (Lipinski definition) is 3. The van der Waals surface area contributed by atoms with E-state index in [1.54, 1.807) is 12.1 Å². The molecule has 2 atom stereocenters. The van der Waals surface area contributed by atoms with Crippen molar-refractivity contribution in [2.24, 2.45) is 0 Å². The molecular weight excluding hydrogens is 424 g/mol. The maximum Gasteiger partial charge on any atom is 0.339 e. The zero-order valence-electron chi connectivity index (χ0n) is 17.2. The van der Waals surface area contributed by atoms with Crippen LogP contribution in [0.25, 0.3) is 10.9 Å². The largest absolute Gasteiger partial charge is 0.448 e. The highest BCUT2D eigenvalue weighted by Crippen LogP contribution is 2.34. The fourth-order valence-corrected chi connectivity index (χ4v) is 4.59. The van der Waals surface area contributed by atoms with Crippen LogP contribution in [0.3, 0.4) is 0 Å². The number of benzene rings is 3. The Balaban J connectivity index is 1.41. The molecule has 0 spiro atoms. The summed E-state index contributed by atoms with van der Waals surface area (Å²) in [6.45, 7) is 0.320. The second kappa shape index (κ2) is 8.52. The van der Waals surface area contributed by atoms with E-state index in [4.69, 9.17) is 16.3 Å². The fraction of sp³-hybridized carbons (Fsp3) is 0.154. The van der Waals surface area contributed by atoms with Crippen LogP contribution in [-0.4, -0.2) is 29.5 Å². The summed E-state index contributed by atoms with van der Waals surface area (Å²) in [4.78, 5) is 28.6. The first-order valence-electron chi connectivity index (χ1n) is 10.5. The highest BCUT2D eigenvalue weighted by Gasteiger charge is 2.31. The van der Waals surface area contributed by atoms with Crippen LogP contribution in [0.1, 0.15) is 33.0 Å². The highest BCUT2D eigenvalue weighted by molar-refractivity contribution is 6.31. The SMILES string of the molecule is O=C1O[C@@H](C(=O)NC[C@H](c2ccccc2Cl)c2c[nH]c3ccccc23)Cc2ccccc21. The maximum absolute atomic E-state index is 13.0. The van der Waals surface area contributed by atoms with Gasteiger partial charge in [0.05, 0.1) is 5.56 Å². The van der Waals surface area contributed by atoms with E-state index >= 15 is 0 Å². The van der Waals surface area contributed by atoms with Crippen molar-refractivity contribution in [3.63, 3.8) is 0 Å². The number of aromatic amines is 1. The van der Waals surface area contributed by atoms with Crippen LogP contribution < -0.4 is 5.32 Å². The van der Waals surface area contributed by atoms with Crippen LogP contribution in [0.5, 0.6) is 0 Å². The zero-order valence-corrected chi connectivity index (χ0v) is 17.9. The molecule has 0 saturated carbocycles. The quantitative estimate of drug-likeness (QED) is 0.432. The third kappa shape index (κ3) is 3.76. The predicted octanol–water partition coefficient (Wildman–Crippen LogP) is 4.85. The molecule has 0 unspecified atom stereocenters. The number of carbonyl (C=O) groups excluding carboxylic acids is 2. The van der Waals surface area contributed by atoms with Crippen LogP contribution >= 0.6 is 11.6 Å². The van der Waals surface area contributed by atoms with Gasteiger partial charge in [-0.1, -0.05) is 66.2 Å². The Labute approximate surface area is 190 Å². The Hall–Kier alpha value is -3.57. The molecular formula is C26H21ClN2O3. The molecule has 4 aromatic rings. The van der Waals surface area contributed by atoms with E-state index < -0.39 is 12.1 Å². The first-order chi connectivity index (χ1) is 15.6. The average Bonchev–Trinajstić information content (AvgIpc) is 3.24. The van der Waals surface area contributed by atoms with Crippen molar-refractivity contribution in [3.05, 3.63) is 106 Å². The summed E-state index contributed by atoms with van der Waals surface area (Å²) in [5, 5.41) is 4.70. The van der Waals surface area contributed by atoms with Gasteiger partial charge < -0.3 is 15.0 Å². The third-order valence-corrected chi connectivity index (χ3v) is 6.29. The van der Waals surface area contributed by atoms with Crippen molar-refractivity contribution in [1.29, 1.82) is 0 Å². The van der Waals surface area contributed by atoms with Crippen molar-refractivity contribution in [2.75, 3.05) is 6.54 Å². The number of fused-ring (bicyclic) bond motifs is 2. The van der Waals surface area contributed by atoms with Crippen LogP contribution in [0.4, 0.5) is 0 Å². The Kier molecular flexibility index (Phi) is 5.41. The molecule has 3 aromatic carbocycles. The molecule has 0 radical (unpaired) electrons. The first kappa shape index (κ1) is 20.3. The number of ether oxygens (including phenoxy) is 1. The van der Waals surface area contributed by atoms with Gasteiger partial charge in [-0.05, 0) is 34.9 Å². The summed E-state index contributed by atoms with van der Waals surface area (Å²) in [6, 6.07) is 22.9. The number of nitrogens with one attached hydrogen (secondary N) is 2. The van der Waals surface area contributed by atoms with Gasteiger partial charge in [0.15, 0.2) is 6.10 Å². The smallest absolute Gasteiger partial charge is 0.339 e. The molecule has 1 aromatic heterocycles. The van der Waals surface area contributed by atoms with E-state index in [9.17, 15) is 9.59 Å². The van der Waals surface area contributed by atoms with Gasteiger partial charge in [-0.15, -0.1) is 0 Å².